The number of likely N-dealkylation sites (tertiary alicyclic amines) is 1. The molecule has 1 atom stereocenters. The van der Waals surface area contributed by atoms with E-state index in [4.69, 9.17) is 28.9 Å². The third kappa shape index (κ3) is 5.43. The van der Waals surface area contributed by atoms with Gasteiger partial charge in [-0.15, -0.1) is 0 Å². The summed E-state index contributed by atoms with van der Waals surface area (Å²) in [5, 5.41) is -1.19. The van der Waals surface area contributed by atoms with Gasteiger partial charge in [-0.2, -0.15) is 13.2 Å². The van der Waals surface area contributed by atoms with E-state index in [0.717, 1.165) is 6.07 Å². The summed E-state index contributed by atoms with van der Waals surface area (Å²) >= 11 is 12.0. The van der Waals surface area contributed by atoms with Gasteiger partial charge in [-0.3, -0.25) is 19.1 Å². The summed E-state index contributed by atoms with van der Waals surface area (Å²) in [5.74, 6) is -1.68. The Hall–Kier alpha value is -4.08. The Bertz CT molecular complexity index is 1850. The third-order valence-electron chi connectivity index (χ3n) is 9.02. The summed E-state index contributed by atoms with van der Waals surface area (Å²) in [5.41, 5.74) is 1.43. The smallest absolute Gasteiger partial charge is 0.396 e. The fraction of sp³-hybridized carbons (Fsp3) is 0.400. The molecule has 17 heteroatoms. The third-order valence-corrected chi connectivity index (χ3v) is 9.61. The number of alkyl halides is 3. The molecule has 2 fully saturated rings. The molecule has 0 bridgehead atoms. The molecular formula is C30H30Cl2F4N8O3. The van der Waals surface area contributed by atoms with Crippen molar-refractivity contribution in [1.29, 1.82) is 0 Å². The highest BCUT2D eigenvalue weighted by Crippen LogP contribution is 2.44. The van der Waals surface area contributed by atoms with Crippen LogP contribution in [0.1, 0.15) is 12.1 Å². The van der Waals surface area contributed by atoms with Crippen LogP contribution in [-0.2, 0) is 11.0 Å². The van der Waals surface area contributed by atoms with Crippen molar-refractivity contribution in [2.24, 2.45) is 0 Å². The highest BCUT2D eigenvalue weighted by molar-refractivity contribution is 6.37. The minimum atomic E-state index is -5.20. The molecule has 0 aliphatic carbocycles. The van der Waals surface area contributed by atoms with E-state index < -0.39 is 51.2 Å². The number of anilines is 3. The maximum Gasteiger partial charge on any atom is 0.431 e. The van der Waals surface area contributed by atoms with Crippen molar-refractivity contribution in [3.05, 3.63) is 62.9 Å². The molecule has 0 saturated carbocycles. The maximum atomic E-state index is 15.4. The Balaban J connectivity index is 1.60. The van der Waals surface area contributed by atoms with Crippen molar-refractivity contribution in [3.8, 4) is 5.69 Å². The van der Waals surface area contributed by atoms with Crippen molar-refractivity contribution in [2.75, 3.05) is 68.9 Å². The molecule has 3 aromatic rings. The van der Waals surface area contributed by atoms with Gasteiger partial charge in [-0.1, -0.05) is 29.8 Å². The molecular weight excluding hydrogens is 667 g/mol. The SMILES string of the molecule is C=CC(=O)N1CCN2c3c(cnc4c(=O)n(-c5c(N)c(Cl)cc(Cl)c5F)c(C(F)(F)F)cc34)N(C(=O)N3CC(N(C)C)C3)CCC2C1. The number of halogens is 6. The van der Waals surface area contributed by atoms with Crippen LogP contribution < -0.4 is 21.1 Å². The molecule has 5 heterocycles. The average molecular weight is 698 g/mol. The van der Waals surface area contributed by atoms with Gasteiger partial charge in [0.05, 0.1) is 33.3 Å². The molecule has 0 radical (unpaired) electrons. The summed E-state index contributed by atoms with van der Waals surface area (Å²) in [4.78, 5) is 53.2. The van der Waals surface area contributed by atoms with E-state index in [1.165, 1.54) is 17.2 Å². The van der Waals surface area contributed by atoms with Gasteiger partial charge in [-0.25, -0.2) is 14.2 Å². The summed E-state index contributed by atoms with van der Waals surface area (Å²) in [6.07, 6.45) is -2.38. The van der Waals surface area contributed by atoms with Gasteiger partial charge in [0.1, 0.15) is 16.9 Å². The molecule has 1 unspecified atom stereocenters. The lowest BCUT2D eigenvalue weighted by atomic mass is 10.1. The van der Waals surface area contributed by atoms with Crippen LogP contribution in [0.15, 0.2) is 35.8 Å². The first-order valence-electron chi connectivity index (χ1n) is 14.6. The molecule has 3 amide bonds. The van der Waals surface area contributed by atoms with Gasteiger partial charge >= 0.3 is 12.2 Å². The number of benzene rings is 1. The van der Waals surface area contributed by atoms with E-state index in [2.05, 4.69) is 11.6 Å². The van der Waals surface area contributed by atoms with Crippen LogP contribution in [0.3, 0.4) is 0 Å². The first-order chi connectivity index (χ1) is 22.1. The van der Waals surface area contributed by atoms with Gasteiger partial charge < -0.3 is 25.3 Å². The molecule has 3 aliphatic heterocycles. The molecule has 2 saturated heterocycles. The lowest BCUT2D eigenvalue weighted by Gasteiger charge is -2.44. The van der Waals surface area contributed by atoms with Gasteiger partial charge in [0.25, 0.3) is 5.56 Å². The number of pyridine rings is 2. The van der Waals surface area contributed by atoms with Gasteiger partial charge in [-0.05, 0) is 38.7 Å². The fourth-order valence-electron chi connectivity index (χ4n) is 6.41. The zero-order valence-corrected chi connectivity index (χ0v) is 26.8. The number of carbonyl (C=O) groups excluding carboxylic acids is 2. The second kappa shape index (κ2) is 11.9. The minimum absolute atomic E-state index is 0.0867. The number of nitrogens with two attached hydrogens (primary N) is 1. The predicted octanol–water partition coefficient (Wildman–Crippen LogP) is 4.21. The van der Waals surface area contributed by atoms with Crippen molar-refractivity contribution < 1.29 is 27.2 Å². The largest absolute Gasteiger partial charge is 0.431 e. The number of carbonyl (C=O) groups is 2. The van der Waals surface area contributed by atoms with Gasteiger partial charge in [0.15, 0.2) is 5.82 Å². The van der Waals surface area contributed by atoms with Crippen LogP contribution in [-0.4, -0.2) is 102 Å². The number of rotatable bonds is 3. The number of hydrogen-bond acceptors (Lipinski definition) is 7. The molecule has 0 spiro atoms. The minimum Gasteiger partial charge on any atom is -0.396 e. The number of nitrogen functional groups attached to an aromatic ring is 1. The number of urea groups is 1. The van der Waals surface area contributed by atoms with Gasteiger partial charge in [0.2, 0.25) is 5.91 Å². The first-order valence-corrected chi connectivity index (χ1v) is 15.4. The number of hydrogen-bond donors (Lipinski definition) is 1. The standard InChI is InChI=1S/C30H30Cl2F4N8O3/c1-4-22(45)40-7-8-42-15(12-40)5-6-43(29(47)41-13-16(14-41)39(2)3)20-11-38-25-17(26(20)42)9-21(30(34,35)36)44(28(25)46)27-23(33)18(31)10-19(32)24(27)37/h4,9-11,15-16H,1,5-8,12-14,37H2,2-3H3. The van der Waals surface area contributed by atoms with Gasteiger partial charge in [0, 0.05) is 56.7 Å². The average Bonchev–Trinajstić information content (AvgIpc) is 3.15. The highest BCUT2D eigenvalue weighted by atomic mass is 35.5. The Morgan fingerprint density at radius 3 is 2.40 bits per heavy atom. The maximum absolute atomic E-state index is 15.4. The molecule has 1 aromatic carbocycles. The second-order valence-corrected chi connectivity index (χ2v) is 12.7. The number of likely N-dealkylation sites (N-methyl/N-ethyl adjacent to an activating group) is 1. The Kier molecular flexibility index (Phi) is 8.29. The van der Waals surface area contributed by atoms with Crippen molar-refractivity contribution in [2.45, 2.75) is 24.7 Å². The van der Waals surface area contributed by atoms with Crippen LogP contribution >= 0.6 is 23.2 Å². The Morgan fingerprint density at radius 2 is 1.77 bits per heavy atom. The highest BCUT2D eigenvalue weighted by Gasteiger charge is 2.43. The first kappa shape index (κ1) is 32.8. The summed E-state index contributed by atoms with van der Waals surface area (Å²) in [6, 6.07) is 0.977. The normalized spacial score (nSPS) is 18.6. The summed E-state index contributed by atoms with van der Waals surface area (Å²) < 4.78 is 60.0. The molecule has 2 N–H and O–H groups in total. The van der Waals surface area contributed by atoms with Crippen LogP contribution in [0.2, 0.25) is 10.0 Å². The number of aromatic nitrogens is 2. The predicted molar refractivity (Wildman–Crippen MR) is 171 cm³/mol. The molecule has 11 nitrogen and oxygen atoms in total. The number of piperazine rings is 1. The number of nitrogens with zero attached hydrogens (tertiary/aromatic N) is 7. The van der Waals surface area contributed by atoms with Crippen molar-refractivity contribution in [3.63, 3.8) is 0 Å². The van der Waals surface area contributed by atoms with Crippen molar-refractivity contribution >= 4 is 63.1 Å². The lowest BCUT2D eigenvalue weighted by Crippen LogP contribution is -2.62. The Morgan fingerprint density at radius 1 is 1.06 bits per heavy atom. The van der Waals surface area contributed by atoms with E-state index in [9.17, 15) is 27.6 Å². The topological polar surface area (TPSA) is 111 Å². The van der Waals surface area contributed by atoms with E-state index in [1.54, 1.807) is 9.80 Å². The Labute approximate surface area is 276 Å². The van der Waals surface area contributed by atoms with E-state index >= 15 is 4.39 Å². The molecule has 250 valence electrons. The lowest BCUT2D eigenvalue weighted by molar-refractivity contribution is -0.142. The van der Waals surface area contributed by atoms with E-state index in [1.807, 2.05) is 23.9 Å². The molecule has 2 aromatic heterocycles. The number of amides is 3. The van der Waals surface area contributed by atoms with Crippen molar-refractivity contribution in [1.82, 2.24) is 24.3 Å². The molecule has 3 aliphatic rings. The van der Waals surface area contributed by atoms with Crippen LogP contribution in [0.5, 0.6) is 0 Å². The molecule has 47 heavy (non-hydrogen) atoms. The van der Waals surface area contributed by atoms with Crippen LogP contribution in [0.25, 0.3) is 16.6 Å². The molecule has 6 rings (SSSR count). The van der Waals surface area contributed by atoms with E-state index in [0.29, 0.717) is 25.6 Å². The second-order valence-electron chi connectivity index (χ2n) is 11.9. The monoisotopic (exact) mass is 696 g/mol. The van der Waals surface area contributed by atoms with E-state index in [-0.39, 0.29) is 70.5 Å². The van der Waals surface area contributed by atoms with Crippen LogP contribution in [0.4, 0.5) is 39.4 Å². The quantitative estimate of drug-likeness (QED) is 0.189. The zero-order valence-electron chi connectivity index (χ0n) is 25.3. The summed E-state index contributed by atoms with van der Waals surface area (Å²) in [7, 11) is 3.81. The zero-order chi connectivity index (χ0) is 34.1. The summed E-state index contributed by atoms with van der Waals surface area (Å²) in [6.45, 7) is 5.22. The number of fused-ring (bicyclic) bond motifs is 5. The fourth-order valence-corrected chi connectivity index (χ4v) is 6.86. The van der Waals surface area contributed by atoms with Crippen LogP contribution in [0, 0.1) is 5.82 Å².